The Balaban J connectivity index is 2.90. The van der Waals surface area contributed by atoms with Crippen molar-refractivity contribution >= 4 is 0 Å². The Bertz CT molecular complexity index is 285. The van der Waals surface area contributed by atoms with Crippen molar-refractivity contribution in [1.29, 1.82) is 0 Å². The fourth-order valence-corrected chi connectivity index (χ4v) is 1.09. The predicted octanol–water partition coefficient (Wildman–Crippen LogP) is 1.74. The molecule has 1 aromatic carbocycles. The Morgan fingerprint density at radius 3 is 2.07 bits per heavy atom. The highest BCUT2D eigenvalue weighted by Crippen LogP contribution is 2.33. The van der Waals surface area contributed by atoms with E-state index in [0.717, 1.165) is 6.92 Å². The number of rotatable bonds is 3. The van der Waals surface area contributed by atoms with Crippen LogP contribution >= 0.6 is 0 Å². The van der Waals surface area contributed by atoms with E-state index >= 15 is 0 Å². The van der Waals surface area contributed by atoms with Crippen LogP contribution in [-0.2, 0) is 0 Å². The summed E-state index contributed by atoms with van der Waals surface area (Å²) in [7, 11) is 0. The number of hydrogen-bond acceptors (Lipinski definition) is 2. The van der Waals surface area contributed by atoms with Crippen LogP contribution in [0.1, 0.15) is 18.6 Å². The van der Waals surface area contributed by atoms with Crippen LogP contribution in [0.25, 0.3) is 0 Å². The molecule has 0 aliphatic heterocycles. The van der Waals surface area contributed by atoms with Gasteiger partial charge in [-0.25, -0.2) is 8.78 Å². The van der Waals surface area contributed by atoms with E-state index in [2.05, 4.69) is 0 Å². The fraction of sp³-hybridized carbons (Fsp3) is 0.400. The normalized spacial score (nSPS) is 16.4. The van der Waals surface area contributed by atoms with Crippen LogP contribution in [0.3, 0.4) is 0 Å². The Labute approximate surface area is 80.8 Å². The second-order valence-corrected chi connectivity index (χ2v) is 3.16. The smallest absolute Gasteiger partial charge is 0.302 e. The van der Waals surface area contributed by atoms with Gasteiger partial charge in [-0.05, 0) is 12.5 Å². The maximum atomic E-state index is 13.1. The number of benzene rings is 1. The van der Waals surface area contributed by atoms with Crippen LogP contribution in [0.15, 0.2) is 30.3 Å². The molecule has 1 rings (SSSR count). The van der Waals surface area contributed by atoms with Crippen molar-refractivity contribution < 1.29 is 19.0 Å². The third-order valence-electron chi connectivity index (χ3n) is 2.04. The van der Waals surface area contributed by atoms with Crippen LogP contribution in [-0.4, -0.2) is 22.2 Å². The van der Waals surface area contributed by atoms with Gasteiger partial charge in [-0.1, -0.05) is 30.3 Å². The Kier molecular flexibility index (Phi) is 3.18. The molecule has 0 bridgehead atoms. The zero-order chi connectivity index (χ0) is 10.8. The van der Waals surface area contributed by atoms with Gasteiger partial charge in [0, 0.05) is 0 Å². The van der Waals surface area contributed by atoms with Crippen molar-refractivity contribution in [2.24, 2.45) is 0 Å². The molecule has 1 aromatic rings. The first kappa shape index (κ1) is 11.1. The Morgan fingerprint density at radius 2 is 1.64 bits per heavy atom. The number of aliphatic hydroxyl groups excluding tert-OH is 2. The molecule has 0 aliphatic rings. The molecule has 78 valence electrons. The molecule has 0 saturated heterocycles. The first-order chi connectivity index (χ1) is 6.46. The number of alkyl halides is 2. The van der Waals surface area contributed by atoms with Gasteiger partial charge >= 0.3 is 5.92 Å². The second kappa shape index (κ2) is 4.02. The van der Waals surface area contributed by atoms with E-state index in [1.54, 1.807) is 18.2 Å². The van der Waals surface area contributed by atoms with Gasteiger partial charge in [-0.3, -0.25) is 0 Å². The molecule has 2 nitrogen and oxygen atoms in total. The molecule has 0 unspecified atom stereocenters. The molecular formula is C10H12F2O2. The summed E-state index contributed by atoms with van der Waals surface area (Å²) in [5, 5.41) is 18.1. The molecule has 0 aromatic heterocycles. The number of aliphatic hydroxyl groups is 2. The summed E-state index contributed by atoms with van der Waals surface area (Å²) >= 11 is 0. The molecule has 0 heterocycles. The molecule has 0 fully saturated rings. The minimum Gasteiger partial charge on any atom is -0.387 e. The standard InChI is InChI=1S/C10H12F2O2/c1-7(13)10(11,12)9(14)8-5-3-2-4-6-8/h2-7,9,13-14H,1H3/t7-,9-/m0/s1. The van der Waals surface area contributed by atoms with E-state index in [1.165, 1.54) is 12.1 Å². The predicted molar refractivity (Wildman–Crippen MR) is 48.0 cm³/mol. The topological polar surface area (TPSA) is 40.5 Å². The van der Waals surface area contributed by atoms with E-state index in [-0.39, 0.29) is 5.56 Å². The van der Waals surface area contributed by atoms with Gasteiger partial charge in [0.05, 0.1) is 0 Å². The van der Waals surface area contributed by atoms with E-state index < -0.39 is 18.1 Å². The summed E-state index contributed by atoms with van der Waals surface area (Å²) in [4.78, 5) is 0. The average Bonchev–Trinajstić information content (AvgIpc) is 2.17. The first-order valence-corrected chi connectivity index (χ1v) is 4.25. The zero-order valence-corrected chi connectivity index (χ0v) is 7.69. The molecular weight excluding hydrogens is 190 g/mol. The van der Waals surface area contributed by atoms with Gasteiger partial charge in [0.25, 0.3) is 0 Å². The summed E-state index contributed by atoms with van der Waals surface area (Å²) < 4.78 is 26.3. The maximum Gasteiger partial charge on any atom is 0.302 e. The van der Waals surface area contributed by atoms with Gasteiger partial charge in [0.2, 0.25) is 0 Å². The largest absolute Gasteiger partial charge is 0.387 e. The van der Waals surface area contributed by atoms with E-state index in [1.807, 2.05) is 0 Å². The van der Waals surface area contributed by atoms with Crippen LogP contribution in [0.2, 0.25) is 0 Å². The molecule has 0 aliphatic carbocycles. The summed E-state index contributed by atoms with van der Waals surface area (Å²) in [6.07, 6.45) is -3.85. The maximum absolute atomic E-state index is 13.1. The summed E-state index contributed by atoms with van der Waals surface area (Å²) in [5.74, 6) is -3.53. The third-order valence-corrected chi connectivity index (χ3v) is 2.04. The van der Waals surface area contributed by atoms with Crippen molar-refractivity contribution in [1.82, 2.24) is 0 Å². The van der Waals surface area contributed by atoms with Gasteiger partial charge in [0.1, 0.15) is 12.2 Å². The van der Waals surface area contributed by atoms with Crippen molar-refractivity contribution in [2.45, 2.75) is 25.1 Å². The molecule has 14 heavy (non-hydrogen) atoms. The van der Waals surface area contributed by atoms with Crippen LogP contribution in [0.5, 0.6) is 0 Å². The molecule has 0 radical (unpaired) electrons. The summed E-state index contributed by atoms with van der Waals surface area (Å²) in [5.41, 5.74) is 0.0957. The van der Waals surface area contributed by atoms with E-state index in [9.17, 15) is 13.9 Å². The second-order valence-electron chi connectivity index (χ2n) is 3.16. The summed E-state index contributed by atoms with van der Waals surface area (Å²) in [6, 6.07) is 7.55. The summed E-state index contributed by atoms with van der Waals surface area (Å²) in [6.45, 7) is 0.951. The monoisotopic (exact) mass is 202 g/mol. The molecule has 4 heteroatoms. The SMILES string of the molecule is C[C@H](O)C(F)(F)[C@@H](O)c1ccccc1. The lowest BCUT2D eigenvalue weighted by Crippen LogP contribution is -2.37. The molecule has 0 spiro atoms. The minimum atomic E-state index is -3.53. The Morgan fingerprint density at radius 1 is 1.14 bits per heavy atom. The van der Waals surface area contributed by atoms with Crippen molar-refractivity contribution in [3.63, 3.8) is 0 Å². The highest BCUT2D eigenvalue weighted by atomic mass is 19.3. The van der Waals surface area contributed by atoms with Crippen LogP contribution < -0.4 is 0 Å². The van der Waals surface area contributed by atoms with Crippen molar-refractivity contribution in [3.05, 3.63) is 35.9 Å². The van der Waals surface area contributed by atoms with Gasteiger partial charge in [-0.2, -0.15) is 0 Å². The third kappa shape index (κ3) is 2.08. The lowest BCUT2D eigenvalue weighted by molar-refractivity contribution is -0.173. The first-order valence-electron chi connectivity index (χ1n) is 4.25. The van der Waals surface area contributed by atoms with E-state index in [0.29, 0.717) is 0 Å². The molecule has 2 atom stereocenters. The van der Waals surface area contributed by atoms with Gasteiger partial charge < -0.3 is 10.2 Å². The molecule has 0 amide bonds. The van der Waals surface area contributed by atoms with Crippen molar-refractivity contribution in [2.75, 3.05) is 0 Å². The number of hydrogen-bond donors (Lipinski definition) is 2. The number of halogens is 2. The fourth-order valence-electron chi connectivity index (χ4n) is 1.09. The molecule has 0 saturated carbocycles. The van der Waals surface area contributed by atoms with Gasteiger partial charge in [-0.15, -0.1) is 0 Å². The van der Waals surface area contributed by atoms with Crippen LogP contribution in [0, 0.1) is 0 Å². The quantitative estimate of drug-likeness (QED) is 0.783. The highest BCUT2D eigenvalue weighted by molar-refractivity contribution is 5.19. The van der Waals surface area contributed by atoms with E-state index in [4.69, 9.17) is 5.11 Å². The zero-order valence-electron chi connectivity index (χ0n) is 7.69. The lowest BCUT2D eigenvalue weighted by atomic mass is 10.0. The minimum absolute atomic E-state index is 0.0957. The van der Waals surface area contributed by atoms with Gasteiger partial charge in [0.15, 0.2) is 0 Å². The van der Waals surface area contributed by atoms with Crippen molar-refractivity contribution in [3.8, 4) is 0 Å². The average molecular weight is 202 g/mol. The highest BCUT2D eigenvalue weighted by Gasteiger charge is 2.44. The Hall–Kier alpha value is -1.00. The molecule has 2 N–H and O–H groups in total. The van der Waals surface area contributed by atoms with Crippen LogP contribution in [0.4, 0.5) is 8.78 Å². The lowest BCUT2D eigenvalue weighted by Gasteiger charge is -2.25.